The number of anilines is 1. The van der Waals surface area contributed by atoms with E-state index in [1.54, 1.807) is 0 Å². The summed E-state index contributed by atoms with van der Waals surface area (Å²) in [5, 5.41) is 3.57. The molecule has 1 heterocycles. The average Bonchev–Trinajstić information content (AvgIpc) is 2.49. The van der Waals surface area contributed by atoms with E-state index in [0.717, 1.165) is 23.0 Å². The van der Waals surface area contributed by atoms with E-state index in [4.69, 9.17) is 0 Å². The first kappa shape index (κ1) is 14.4. The van der Waals surface area contributed by atoms with Crippen molar-refractivity contribution >= 4 is 21.6 Å². The Balaban J connectivity index is 1.51. The second kappa shape index (κ2) is 6.95. The summed E-state index contributed by atoms with van der Waals surface area (Å²) in [6, 6.07) is 9.26. The highest BCUT2D eigenvalue weighted by molar-refractivity contribution is 9.10. The van der Waals surface area contributed by atoms with Crippen molar-refractivity contribution < 1.29 is 0 Å². The number of halogens is 1. The Labute approximate surface area is 131 Å². The highest BCUT2D eigenvalue weighted by Crippen LogP contribution is 2.35. The molecule has 0 bridgehead atoms. The quantitative estimate of drug-likeness (QED) is 0.869. The Bertz CT molecular complexity index is 433. The number of benzene rings is 1. The second-order valence-electron chi connectivity index (χ2n) is 6.20. The van der Waals surface area contributed by atoms with Gasteiger partial charge in [0.1, 0.15) is 0 Å². The minimum atomic E-state index is 0.874. The molecule has 110 valence electrons. The Morgan fingerprint density at radius 1 is 1.10 bits per heavy atom. The molecule has 2 aliphatic rings. The van der Waals surface area contributed by atoms with Crippen molar-refractivity contribution in [1.29, 1.82) is 0 Å². The lowest BCUT2D eigenvalue weighted by Gasteiger charge is -2.44. The zero-order valence-corrected chi connectivity index (χ0v) is 13.7. The molecule has 2 nitrogen and oxygen atoms in total. The molecule has 1 saturated carbocycles. The summed E-state index contributed by atoms with van der Waals surface area (Å²) in [6.45, 7) is 3.53. The fraction of sp³-hybridized carbons (Fsp3) is 0.647. The molecule has 2 atom stereocenters. The van der Waals surface area contributed by atoms with Crippen LogP contribution in [-0.4, -0.2) is 30.6 Å². The van der Waals surface area contributed by atoms with Gasteiger partial charge in [-0.15, -0.1) is 0 Å². The Morgan fingerprint density at radius 2 is 1.90 bits per heavy atom. The molecule has 2 unspecified atom stereocenters. The van der Waals surface area contributed by atoms with Crippen LogP contribution in [0.3, 0.4) is 0 Å². The highest BCUT2D eigenvalue weighted by Gasteiger charge is 2.32. The van der Waals surface area contributed by atoms with Crippen LogP contribution in [0.15, 0.2) is 28.7 Å². The Kier molecular flexibility index (Phi) is 5.00. The average molecular weight is 337 g/mol. The first-order valence-corrected chi connectivity index (χ1v) is 8.86. The van der Waals surface area contributed by atoms with Gasteiger partial charge in [-0.1, -0.05) is 25.0 Å². The summed E-state index contributed by atoms with van der Waals surface area (Å²) in [4.78, 5) is 2.75. The molecular formula is C17H25BrN2. The maximum absolute atomic E-state index is 3.60. The van der Waals surface area contributed by atoms with Gasteiger partial charge in [0.05, 0.1) is 0 Å². The molecule has 1 N–H and O–H groups in total. The summed E-state index contributed by atoms with van der Waals surface area (Å²) in [5.41, 5.74) is 1.21. The van der Waals surface area contributed by atoms with Crippen molar-refractivity contribution in [3.63, 3.8) is 0 Å². The van der Waals surface area contributed by atoms with Crippen molar-refractivity contribution in [2.45, 2.75) is 44.6 Å². The van der Waals surface area contributed by atoms with Gasteiger partial charge >= 0.3 is 0 Å². The van der Waals surface area contributed by atoms with E-state index in [9.17, 15) is 0 Å². The summed E-state index contributed by atoms with van der Waals surface area (Å²) >= 11 is 3.60. The first-order valence-electron chi connectivity index (χ1n) is 8.07. The van der Waals surface area contributed by atoms with Crippen LogP contribution in [0.5, 0.6) is 0 Å². The van der Waals surface area contributed by atoms with Gasteiger partial charge in [-0.2, -0.15) is 0 Å². The molecule has 1 aromatic rings. The predicted octanol–water partition coefficient (Wildman–Crippen LogP) is 4.52. The lowest BCUT2D eigenvalue weighted by atomic mass is 9.78. The Morgan fingerprint density at radius 3 is 2.80 bits per heavy atom. The third-order valence-electron chi connectivity index (χ3n) is 4.95. The maximum Gasteiger partial charge on any atom is 0.0485 e. The molecule has 0 amide bonds. The molecule has 3 rings (SSSR count). The number of rotatable bonds is 4. The number of nitrogens with zero attached hydrogens (tertiary/aromatic N) is 1. The van der Waals surface area contributed by atoms with Crippen molar-refractivity contribution in [3.05, 3.63) is 28.7 Å². The van der Waals surface area contributed by atoms with Gasteiger partial charge < -0.3 is 5.32 Å². The number of likely N-dealkylation sites (tertiary alicyclic amines) is 1. The summed E-state index contributed by atoms with van der Waals surface area (Å²) in [7, 11) is 0. The minimum absolute atomic E-state index is 0.874. The van der Waals surface area contributed by atoms with Gasteiger partial charge in [0.2, 0.25) is 0 Å². The highest BCUT2D eigenvalue weighted by atomic mass is 79.9. The second-order valence-corrected chi connectivity index (χ2v) is 7.05. The maximum atomic E-state index is 3.60. The van der Waals surface area contributed by atoms with Crippen LogP contribution in [0.4, 0.5) is 5.69 Å². The van der Waals surface area contributed by atoms with E-state index in [1.807, 2.05) is 0 Å². The number of hydrogen-bond donors (Lipinski definition) is 1. The van der Waals surface area contributed by atoms with Gasteiger partial charge in [0, 0.05) is 29.3 Å². The van der Waals surface area contributed by atoms with Crippen LogP contribution in [0.2, 0.25) is 0 Å². The van der Waals surface area contributed by atoms with Gasteiger partial charge in [0.15, 0.2) is 0 Å². The largest absolute Gasteiger partial charge is 0.383 e. The smallest absolute Gasteiger partial charge is 0.0485 e. The number of fused-ring (bicyclic) bond motifs is 1. The zero-order chi connectivity index (χ0) is 13.8. The lowest BCUT2D eigenvalue weighted by molar-refractivity contribution is 0.0645. The number of piperidine rings is 1. The lowest BCUT2D eigenvalue weighted by Crippen LogP contribution is -2.48. The molecule has 0 spiro atoms. The molecule has 0 radical (unpaired) electrons. The molecule has 3 heteroatoms. The van der Waals surface area contributed by atoms with Crippen LogP contribution in [0.1, 0.15) is 38.5 Å². The zero-order valence-electron chi connectivity index (χ0n) is 12.2. The number of nitrogens with one attached hydrogen (secondary N) is 1. The number of para-hydroxylation sites is 1. The van der Waals surface area contributed by atoms with Crippen molar-refractivity contribution in [3.8, 4) is 0 Å². The Hall–Kier alpha value is -0.540. The van der Waals surface area contributed by atoms with Crippen LogP contribution in [-0.2, 0) is 0 Å². The van der Waals surface area contributed by atoms with Gasteiger partial charge in [0.25, 0.3) is 0 Å². The van der Waals surface area contributed by atoms with Crippen molar-refractivity contribution in [1.82, 2.24) is 4.90 Å². The van der Waals surface area contributed by atoms with E-state index in [0.29, 0.717) is 0 Å². The standard InChI is InChI=1S/C17H25BrN2/c18-15-8-2-3-9-16(15)19-11-13-20-12-5-7-14-6-1-4-10-17(14)20/h2-3,8-9,14,17,19H,1,4-7,10-13H2. The molecule has 1 aromatic carbocycles. The van der Waals surface area contributed by atoms with Gasteiger partial charge in [-0.25, -0.2) is 0 Å². The third-order valence-corrected chi connectivity index (χ3v) is 5.64. The monoisotopic (exact) mass is 336 g/mol. The van der Waals surface area contributed by atoms with E-state index >= 15 is 0 Å². The van der Waals surface area contributed by atoms with Gasteiger partial charge in [-0.05, 0) is 66.2 Å². The topological polar surface area (TPSA) is 15.3 Å². The van der Waals surface area contributed by atoms with Crippen LogP contribution in [0, 0.1) is 5.92 Å². The van der Waals surface area contributed by atoms with E-state index in [2.05, 4.69) is 50.4 Å². The minimum Gasteiger partial charge on any atom is -0.383 e. The SMILES string of the molecule is Brc1ccccc1NCCN1CCCC2CCCCC21. The van der Waals surface area contributed by atoms with E-state index in [1.165, 1.54) is 57.3 Å². The van der Waals surface area contributed by atoms with E-state index < -0.39 is 0 Å². The van der Waals surface area contributed by atoms with Crippen molar-refractivity contribution in [2.75, 3.05) is 25.0 Å². The molecule has 20 heavy (non-hydrogen) atoms. The van der Waals surface area contributed by atoms with E-state index in [-0.39, 0.29) is 0 Å². The molecule has 1 aliphatic carbocycles. The fourth-order valence-electron chi connectivity index (χ4n) is 3.94. The van der Waals surface area contributed by atoms with Crippen LogP contribution < -0.4 is 5.32 Å². The molecule has 1 aliphatic heterocycles. The molecule has 0 aromatic heterocycles. The molecule has 1 saturated heterocycles. The third kappa shape index (κ3) is 3.37. The van der Waals surface area contributed by atoms with Crippen LogP contribution in [0.25, 0.3) is 0 Å². The summed E-state index contributed by atoms with van der Waals surface area (Å²) in [5.74, 6) is 0.987. The molecule has 2 fully saturated rings. The summed E-state index contributed by atoms with van der Waals surface area (Å²) in [6.07, 6.45) is 8.67. The van der Waals surface area contributed by atoms with Crippen LogP contribution >= 0.6 is 15.9 Å². The predicted molar refractivity (Wildman–Crippen MR) is 89.2 cm³/mol. The first-order chi connectivity index (χ1) is 9.84. The van der Waals surface area contributed by atoms with Gasteiger partial charge in [-0.3, -0.25) is 4.90 Å². The van der Waals surface area contributed by atoms with Crippen molar-refractivity contribution in [2.24, 2.45) is 5.92 Å². The molecular weight excluding hydrogens is 312 g/mol. The summed E-state index contributed by atoms with van der Waals surface area (Å²) < 4.78 is 1.16. The number of hydrogen-bond acceptors (Lipinski definition) is 2. The normalized spacial score (nSPS) is 27.1. The fourth-order valence-corrected chi connectivity index (χ4v) is 4.37.